The van der Waals surface area contributed by atoms with Gasteiger partial charge in [0.2, 0.25) is 0 Å². The molecule has 60 heavy (non-hydrogen) atoms. The lowest BCUT2D eigenvalue weighted by Gasteiger charge is -2.29. The summed E-state index contributed by atoms with van der Waals surface area (Å²) in [5.41, 5.74) is 15.4. The first kappa shape index (κ1) is 35.6. The third kappa shape index (κ3) is 6.44. The van der Waals surface area contributed by atoms with E-state index in [-0.39, 0.29) is 0 Å². The Hall–Kier alpha value is -7.52. The van der Waals surface area contributed by atoms with Crippen molar-refractivity contribution in [1.82, 2.24) is 0 Å². The molecule has 0 spiro atoms. The average Bonchev–Trinajstić information content (AvgIpc) is 3.72. The van der Waals surface area contributed by atoms with Gasteiger partial charge in [-0.1, -0.05) is 194 Å². The molecule has 282 valence electrons. The van der Waals surface area contributed by atoms with Gasteiger partial charge in [0.05, 0.1) is 11.4 Å². The Kier molecular flexibility index (Phi) is 9.11. The van der Waals surface area contributed by atoms with Gasteiger partial charge in [-0.3, -0.25) is 0 Å². The summed E-state index contributed by atoms with van der Waals surface area (Å²) in [7, 11) is 0. The van der Waals surface area contributed by atoms with Crippen LogP contribution >= 0.6 is 11.3 Å². The number of hydrogen-bond donors (Lipinski definition) is 0. The first-order valence-corrected chi connectivity index (χ1v) is 21.3. The van der Waals surface area contributed by atoms with Crippen LogP contribution in [-0.2, 0) is 0 Å². The SMILES string of the molecule is c1ccc(-c2ccccc2-c2ccccc2-c2ccccc2N(c2ccc(-c3ccc(-c4ccc5ccccc5c4)cc3)cc2)c2cccc3sc4ccccc4c23)cc1. The quantitative estimate of drug-likeness (QED) is 0.148. The van der Waals surface area contributed by atoms with Crippen LogP contribution in [0.4, 0.5) is 17.1 Å². The number of benzene rings is 10. The Bertz CT molecular complexity index is 3310. The number of para-hydroxylation sites is 1. The van der Waals surface area contributed by atoms with Crippen LogP contribution in [0.25, 0.3) is 86.6 Å². The summed E-state index contributed by atoms with van der Waals surface area (Å²) in [6.45, 7) is 0. The van der Waals surface area contributed by atoms with Crippen LogP contribution < -0.4 is 4.90 Å². The van der Waals surface area contributed by atoms with Crippen molar-refractivity contribution < 1.29 is 0 Å². The van der Waals surface area contributed by atoms with Crippen molar-refractivity contribution >= 4 is 59.3 Å². The van der Waals surface area contributed by atoms with Crippen molar-refractivity contribution in [3.63, 3.8) is 0 Å². The van der Waals surface area contributed by atoms with E-state index in [1.54, 1.807) is 0 Å². The number of thiophene rings is 1. The van der Waals surface area contributed by atoms with E-state index in [4.69, 9.17) is 0 Å². The Morgan fingerprint density at radius 2 is 0.783 bits per heavy atom. The van der Waals surface area contributed by atoms with Crippen LogP contribution in [0.2, 0.25) is 0 Å². The maximum Gasteiger partial charge on any atom is 0.0555 e. The van der Waals surface area contributed by atoms with Gasteiger partial charge in [0.25, 0.3) is 0 Å². The monoisotopic (exact) mass is 781 g/mol. The van der Waals surface area contributed by atoms with E-state index in [0.29, 0.717) is 0 Å². The van der Waals surface area contributed by atoms with Gasteiger partial charge in [-0.15, -0.1) is 11.3 Å². The van der Waals surface area contributed by atoms with Crippen LogP contribution in [0.3, 0.4) is 0 Å². The zero-order valence-corrected chi connectivity index (χ0v) is 33.7. The molecular weight excluding hydrogens is 743 g/mol. The van der Waals surface area contributed by atoms with Crippen molar-refractivity contribution in [2.75, 3.05) is 4.90 Å². The minimum atomic E-state index is 1.10. The second-order valence-electron chi connectivity index (χ2n) is 15.2. The average molecular weight is 782 g/mol. The molecule has 0 bridgehead atoms. The highest BCUT2D eigenvalue weighted by atomic mass is 32.1. The minimum Gasteiger partial charge on any atom is -0.309 e. The molecule has 1 nitrogen and oxygen atoms in total. The molecule has 11 aromatic rings. The van der Waals surface area contributed by atoms with E-state index in [1.807, 2.05) is 11.3 Å². The molecule has 0 saturated heterocycles. The van der Waals surface area contributed by atoms with Gasteiger partial charge in [-0.25, -0.2) is 0 Å². The topological polar surface area (TPSA) is 3.24 Å². The molecule has 2 heteroatoms. The van der Waals surface area contributed by atoms with Gasteiger partial charge in [-0.2, -0.15) is 0 Å². The van der Waals surface area contributed by atoms with E-state index < -0.39 is 0 Å². The Morgan fingerprint density at radius 1 is 0.283 bits per heavy atom. The molecule has 0 N–H and O–H groups in total. The standard InChI is InChI=1S/C58H39NS/c1-2-16-44(17-3-1)48-19-6-7-20-49(48)50-21-8-9-22-51(50)52-23-10-12-25-54(52)59(55-26-14-28-57-58(55)53-24-11-13-27-56(53)60-57)47-37-35-42(36-38-47)41-29-31-43(32-30-41)46-34-33-40-15-4-5-18-45(40)39-46/h1-39H. The highest BCUT2D eigenvalue weighted by Gasteiger charge is 2.23. The molecule has 0 aliphatic heterocycles. The lowest BCUT2D eigenvalue weighted by Crippen LogP contribution is -2.11. The third-order valence-electron chi connectivity index (χ3n) is 11.7. The zero-order chi connectivity index (χ0) is 39.8. The summed E-state index contributed by atoms with van der Waals surface area (Å²) in [4.78, 5) is 2.48. The van der Waals surface area contributed by atoms with Crippen molar-refractivity contribution in [1.29, 1.82) is 0 Å². The molecule has 0 aliphatic carbocycles. The fourth-order valence-corrected chi connectivity index (χ4v) is 9.94. The number of hydrogen-bond acceptors (Lipinski definition) is 2. The van der Waals surface area contributed by atoms with Gasteiger partial charge in [0.1, 0.15) is 0 Å². The minimum absolute atomic E-state index is 1.10. The van der Waals surface area contributed by atoms with E-state index >= 15 is 0 Å². The maximum absolute atomic E-state index is 2.48. The maximum atomic E-state index is 2.48. The zero-order valence-electron chi connectivity index (χ0n) is 32.9. The molecular formula is C58H39NS. The van der Waals surface area contributed by atoms with Gasteiger partial charge >= 0.3 is 0 Å². The van der Waals surface area contributed by atoms with Crippen molar-refractivity contribution in [3.8, 4) is 55.6 Å². The van der Waals surface area contributed by atoms with Gasteiger partial charge < -0.3 is 4.90 Å². The van der Waals surface area contributed by atoms with Crippen LogP contribution in [0, 0.1) is 0 Å². The van der Waals surface area contributed by atoms with E-state index in [1.165, 1.54) is 86.6 Å². The summed E-state index contributed by atoms with van der Waals surface area (Å²) >= 11 is 1.86. The predicted molar refractivity (Wildman–Crippen MR) is 259 cm³/mol. The fourth-order valence-electron chi connectivity index (χ4n) is 8.81. The van der Waals surface area contributed by atoms with Crippen LogP contribution in [-0.4, -0.2) is 0 Å². The van der Waals surface area contributed by atoms with Crippen LogP contribution in [0.15, 0.2) is 237 Å². The van der Waals surface area contributed by atoms with Crippen molar-refractivity contribution in [2.24, 2.45) is 0 Å². The second-order valence-corrected chi connectivity index (χ2v) is 16.3. The van der Waals surface area contributed by atoms with Crippen molar-refractivity contribution in [2.45, 2.75) is 0 Å². The Balaban J connectivity index is 1.05. The fraction of sp³-hybridized carbons (Fsp3) is 0. The Morgan fingerprint density at radius 3 is 1.53 bits per heavy atom. The molecule has 0 radical (unpaired) electrons. The number of nitrogens with zero attached hydrogens (tertiary/aromatic N) is 1. The number of anilines is 3. The highest BCUT2D eigenvalue weighted by molar-refractivity contribution is 7.26. The lowest BCUT2D eigenvalue weighted by atomic mass is 9.88. The molecule has 0 fully saturated rings. The molecule has 0 aliphatic rings. The highest BCUT2D eigenvalue weighted by Crippen LogP contribution is 2.49. The van der Waals surface area contributed by atoms with E-state index in [0.717, 1.165) is 17.1 Å². The smallest absolute Gasteiger partial charge is 0.0555 e. The van der Waals surface area contributed by atoms with Gasteiger partial charge in [-0.05, 0) is 103 Å². The summed E-state index contributed by atoms with van der Waals surface area (Å²) in [6.07, 6.45) is 0. The first-order valence-electron chi connectivity index (χ1n) is 20.5. The molecule has 0 saturated carbocycles. The number of fused-ring (bicyclic) bond motifs is 4. The van der Waals surface area contributed by atoms with Crippen LogP contribution in [0.5, 0.6) is 0 Å². The number of rotatable bonds is 8. The second kappa shape index (κ2) is 15.3. The molecule has 0 unspecified atom stereocenters. The Labute approximate surface area is 354 Å². The molecule has 0 amide bonds. The van der Waals surface area contributed by atoms with Crippen LogP contribution in [0.1, 0.15) is 0 Å². The molecule has 1 heterocycles. The largest absolute Gasteiger partial charge is 0.309 e. The first-order chi connectivity index (χ1) is 29.8. The van der Waals surface area contributed by atoms with E-state index in [2.05, 4.69) is 241 Å². The summed E-state index contributed by atoms with van der Waals surface area (Å²) < 4.78 is 2.56. The normalized spacial score (nSPS) is 11.3. The lowest BCUT2D eigenvalue weighted by molar-refractivity contribution is 1.30. The molecule has 0 atom stereocenters. The summed E-state index contributed by atoms with van der Waals surface area (Å²) in [6, 6.07) is 86.2. The summed E-state index contributed by atoms with van der Waals surface area (Å²) in [5.74, 6) is 0. The van der Waals surface area contributed by atoms with E-state index in [9.17, 15) is 0 Å². The predicted octanol–water partition coefficient (Wildman–Crippen LogP) is 17.0. The molecule has 10 aromatic carbocycles. The molecule has 1 aromatic heterocycles. The van der Waals surface area contributed by atoms with Gasteiger partial charge in [0, 0.05) is 31.4 Å². The van der Waals surface area contributed by atoms with Crippen molar-refractivity contribution in [3.05, 3.63) is 237 Å². The third-order valence-corrected chi connectivity index (χ3v) is 12.8. The summed E-state index contributed by atoms with van der Waals surface area (Å²) in [5, 5.41) is 5.06. The van der Waals surface area contributed by atoms with Gasteiger partial charge in [0.15, 0.2) is 0 Å². The molecule has 11 rings (SSSR count).